The van der Waals surface area contributed by atoms with Crippen molar-refractivity contribution in [1.82, 2.24) is 0 Å². The summed E-state index contributed by atoms with van der Waals surface area (Å²) in [5.41, 5.74) is 2.55. The highest BCUT2D eigenvalue weighted by atomic mass is 32.2. The smallest absolute Gasteiger partial charge is 0.314 e. The lowest BCUT2D eigenvalue weighted by molar-refractivity contribution is -0.133. The van der Waals surface area contributed by atoms with E-state index in [1.54, 1.807) is 0 Å². The fourth-order valence-corrected chi connectivity index (χ4v) is 2.61. The van der Waals surface area contributed by atoms with E-state index < -0.39 is 21.8 Å². The first-order chi connectivity index (χ1) is 11.2. The summed E-state index contributed by atoms with van der Waals surface area (Å²) in [6.07, 6.45) is 0. The summed E-state index contributed by atoms with van der Waals surface area (Å²) in [7, 11) is -3.81. The van der Waals surface area contributed by atoms with Crippen molar-refractivity contribution >= 4 is 33.2 Å². The minimum absolute atomic E-state index is 0.0829. The Morgan fingerprint density at radius 2 is 1.38 bits per heavy atom. The topological polar surface area (TPSA) is 118 Å². The van der Waals surface area contributed by atoms with Crippen LogP contribution in [-0.4, -0.2) is 20.2 Å². The van der Waals surface area contributed by atoms with Crippen LogP contribution < -0.4 is 15.8 Å². The summed E-state index contributed by atoms with van der Waals surface area (Å²) in [5, 5.41) is 9.95. The lowest BCUT2D eigenvalue weighted by Gasteiger charge is -2.11. The highest BCUT2D eigenvalue weighted by Gasteiger charge is 2.16. The first kappa shape index (κ1) is 17.6. The molecule has 2 aromatic carbocycles. The molecular formula is C16H17N3O4S. The van der Waals surface area contributed by atoms with Crippen LogP contribution in [0, 0.1) is 13.8 Å². The monoisotopic (exact) mass is 347 g/mol. The van der Waals surface area contributed by atoms with Gasteiger partial charge in [0.2, 0.25) is 10.0 Å². The quantitative estimate of drug-likeness (QED) is 0.730. The van der Waals surface area contributed by atoms with Crippen molar-refractivity contribution in [3.63, 3.8) is 0 Å². The van der Waals surface area contributed by atoms with Gasteiger partial charge in [-0.25, -0.2) is 13.6 Å². The third kappa shape index (κ3) is 4.18. The zero-order valence-electron chi connectivity index (χ0n) is 13.2. The summed E-state index contributed by atoms with van der Waals surface area (Å²) in [6, 6.07) is 10.7. The number of carbonyl (C=O) groups is 2. The number of amides is 2. The number of hydrogen-bond donors (Lipinski definition) is 3. The van der Waals surface area contributed by atoms with Crippen LogP contribution in [0.15, 0.2) is 47.4 Å². The van der Waals surface area contributed by atoms with Gasteiger partial charge >= 0.3 is 11.8 Å². The number of hydrogen-bond acceptors (Lipinski definition) is 4. The van der Waals surface area contributed by atoms with Crippen molar-refractivity contribution in [2.75, 3.05) is 10.6 Å². The summed E-state index contributed by atoms with van der Waals surface area (Å²) in [6.45, 7) is 3.65. The number of carbonyl (C=O) groups excluding carboxylic acids is 2. The number of sulfonamides is 1. The van der Waals surface area contributed by atoms with Gasteiger partial charge in [0, 0.05) is 11.4 Å². The number of aryl methyl sites for hydroxylation is 2. The van der Waals surface area contributed by atoms with Gasteiger partial charge in [0.25, 0.3) is 0 Å². The van der Waals surface area contributed by atoms with E-state index in [9.17, 15) is 18.0 Å². The summed E-state index contributed by atoms with van der Waals surface area (Å²) in [5.74, 6) is -1.68. The van der Waals surface area contributed by atoms with E-state index in [4.69, 9.17) is 5.14 Å². The Kier molecular flexibility index (Phi) is 5.01. The van der Waals surface area contributed by atoms with Crippen molar-refractivity contribution in [2.45, 2.75) is 18.7 Å². The summed E-state index contributed by atoms with van der Waals surface area (Å²) in [4.78, 5) is 23.9. The molecule has 126 valence electrons. The van der Waals surface area contributed by atoms with E-state index in [1.165, 1.54) is 24.3 Å². The number of para-hydroxylation sites is 1. The van der Waals surface area contributed by atoms with Gasteiger partial charge in [-0.15, -0.1) is 0 Å². The van der Waals surface area contributed by atoms with Crippen LogP contribution >= 0.6 is 0 Å². The Morgan fingerprint density at radius 1 is 0.875 bits per heavy atom. The molecule has 0 aliphatic rings. The lowest BCUT2D eigenvalue weighted by Crippen LogP contribution is -2.29. The number of nitrogens with one attached hydrogen (secondary N) is 2. The number of rotatable bonds is 3. The van der Waals surface area contributed by atoms with Crippen LogP contribution in [-0.2, 0) is 19.6 Å². The summed E-state index contributed by atoms with van der Waals surface area (Å²) < 4.78 is 22.3. The Balaban J connectivity index is 2.08. The molecule has 0 saturated heterocycles. The molecule has 0 aromatic heterocycles. The molecule has 0 bridgehead atoms. The zero-order chi connectivity index (χ0) is 17.9. The Labute approximate surface area is 139 Å². The van der Waals surface area contributed by atoms with E-state index in [-0.39, 0.29) is 10.6 Å². The number of nitrogens with two attached hydrogens (primary N) is 1. The second-order valence-corrected chi connectivity index (χ2v) is 6.81. The van der Waals surface area contributed by atoms with Crippen LogP contribution in [0.4, 0.5) is 11.4 Å². The molecule has 2 aromatic rings. The maximum absolute atomic E-state index is 12.0. The zero-order valence-corrected chi connectivity index (χ0v) is 14.0. The molecule has 7 nitrogen and oxygen atoms in total. The van der Waals surface area contributed by atoms with Gasteiger partial charge in [-0.2, -0.15) is 0 Å². The molecule has 0 atom stereocenters. The van der Waals surface area contributed by atoms with Crippen LogP contribution in [0.1, 0.15) is 11.1 Å². The normalized spacial score (nSPS) is 11.0. The Bertz CT molecular complexity index is 870. The van der Waals surface area contributed by atoms with Crippen LogP contribution in [0.3, 0.4) is 0 Å². The molecule has 8 heteroatoms. The minimum atomic E-state index is -3.81. The van der Waals surface area contributed by atoms with Gasteiger partial charge in [-0.3, -0.25) is 9.59 Å². The first-order valence-electron chi connectivity index (χ1n) is 7.00. The van der Waals surface area contributed by atoms with Crippen molar-refractivity contribution < 1.29 is 18.0 Å². The third-order valence-corrected chi connectivity index (χ3v) is 4.30. The standard InChI is InChI=1S/C16H17N3O4S/c1-10-4-3-5-11(2)14(10)19-16(21)15(20)18-12-6-8-13(9-7-12)24(17,22)23/h3-9H,1-2H3,(H,18,20)(H,19,21)(H2,17,22,23). The highest BCUT2D eigenvalue weighted by molar-refractivity contribution is 7.89. The highest BCUT2D eigenvalue weighted by Crippen LogP contribution is 2.19. The fourth-order valence-electron chi connectivity index (χ4n) is 2.10. The average molecular weight is 347 g/mol. The van der Waals surface area contributed by atoms with Crippen molar-refractivity contribution in [1.29, 1.82) is 0 Å². The third-order valence-electron chi connectivity index (χ3n) is 3.37. The predicted molar refractivity (Wildman–Crippen MR) is 91.0 cm³/mol. The number of benzene rings is 2. The largest absolute Gasteiger partial charge is 0.318 e. The molecule has 0 saturated carbocycles. The molecule has 0 unspecified atom stereocenters. The van der Waals surface area contributed by atoms with E-state index in [0.717, 1.165) is 11.1 Å². The maximum Gasteiger partial charge on any atom is 0.314 e. The molecule has 2 amide bonds. The number of primary sulfonamides is 1. The van der Waals surface area contributed by atoms with Crippen LogP contribution in [0.2, 0.25) is 0 Å². The van der Waals surface area contributed by atoms with Gasteiger partial charge in [0.15, 0.2) is 0 Å². The molecule has 0 radical (unpaired) electrons. The van der Waals surface area contributed by atoms with E-state index in [1.807, 2.05) is 32.0 Å². The Hall–Kier alpha value is -2.71. The number of anilines is 2. The van der Waals surface area contributed by atoms with Crippen molar-refractivity contribution in [3.8, 4) is 0 Å². The second-order valence-electron chi connectivity index (χ2n) is 5.24. The molecule has 0 heterocycles. The van der Waals surface area contributed by atoms with E-state index >= 15 is 0 Å². The maximum atomic E-state index is 12.0. The van der Waals surface area contributed by atoms with Gasteiger partial charge in [0.05, 0.1) is 4.90 Å². The second kappa shape index (κ2) is 6.81. The first-order valence-corrected chi connectivity index (χ1v) is 8.54. The molecule has 0 fully saturated rings. The van der Waals surface area contributed by atoms with E-state index in [2.05, 4.69) is 10.6 Å². The fraction of sp³-hybridized carbons (Fsp3) is 0.125. The molecule has 0 aliphatic carbocycles. The lowest BCUT2D eigenvalue weighted by atomic mass is 10.1. The summed E-state index contributed by atoms with van der Waals surface area (Å²) >= 11 is 0. The molecule has 0 spiro atoms. The van der Waals surface area contributed by atoms with Gasteiger partial charge in [-0.05, 0) is 49.2 Å². The minimum Gasteiger partial charge on any atom is -0.318 e. The van der Waals surface area contributed by atoms with Gasteiger partial charge in [0.1, 0.15) is 0 Å². The molecule has 24 heavy (non-hydrogen) atoms. The molecule has 0 aliphatic heterocycles. The van der Waals surface area contributed by atoms with E-state index in [0.29, 0.717) is 5.69 Å². The van der Waals surface area contributed by atoms with Crippen molar-refractivity contribution in [2.24, 2.45) is 5.14 Å². The Morgan fingerprint density at radius 3 is 1.88 bits per heavy atom. The van der Waals surface area contributed by atoms with Crippen LogP contribution in [0.5, 0.6) is 0 Å². The van der Waals surface area contributed by atoms with Crippen molar-refractivity contribution in [3.05, 3.63) is 53.6 Å². The molecule has 2 rings (SSSR count). The predicted octanol–water partition coefficient (Wildman–Crippen LogP) is 1.53. The average Bonchev–Trinajstić information content (AvgIpc) is 2.50. The van der Waals surface area contributed by atoms with Gasteiger partial charge < -0.3 is 10.6 Å². The molecule has 4 N–H and O–H groups in total. The molecular weight excluding hydrogens is 330 g/mol. The SMILES string of the molecule is Cc1cccc(C)c1NC(=O)C(=O)Nc1ccc(S(N)(=O)=O)cc1. The van der Waals surface area contributed by atoms with Crippen LogP contribution in [0.25, 0.3) is 0 Å². The van der Waals surface area contributed by atoms with Gasteiger partial charge in [-0.1, -0.05) is 18.2 Å².